The summed E-state index contributed by atoms with van der Waals surface area (Å²) < 4.78 is 12.8. The van der Waals surface area contributed by atoms with Gasteiger partial charge in [0.05, 0.1) is 31.0 Å². The first kappa shape index (κ1) is 35.4. The second kappa shape index (κ2) is 15.6. The Labute approximate surface area is 300 Å². The number of carbonyl (C=O) groups excluding carboxylic acids is 3. The van der Waals surface area contributed by atoms with Gasteiger partial charge in [0.15, 0.2) is 29.4 Å². The molecule has 14 nitrogen and oxygen atoms in total. The van der Waals surface area contributed by atoms with E-state index < -0.39 is 0 Å². The third kappa shape index (κ3) is 7.81. The predicted octanol–water partition coefficient (Wildman–Crippen LogP) is 5.65. The van der Waals surface area contributed by atoms with Gasteiger partial charge in [-0.05, 0) is 60.9 Å². The van der Waals surface area contributed by atoms with Gasteiger partial charge in [-0.2, -0.15) is 5.90 Å². The number of aromatic nitrogens is 3. The lowest BCUT2D eigenvalue weighted by Gasteiger charge is -2.20. The van der Waals surface area contributed by atoms with Crippen LogP contribution >= 0.6 is 0 Å². The maximum atomic E-state index is 13.0. The summed E-state index contributed by atoms with van der Waals surface area (Å²) in [6, 6.07) is 19.3. The number of imidazole rings is 1. The monoisotopic (exact) mass is 704 g/mol. The molecule has 0 bridgehead atoms. The fraction of sp³-hybridized carbons (Fsp3) is 0.237. The molecule has 0 aliphatic carbocycles. The molecule has 3 aromatic carbocycles. The number of ether oxygens (including phenoxy) is 2. The van der Waals surface area contributed by atoms with Crippen molar-refractivity contribution in [3.63, 3.8) is 0 Å². The lowest BCUT2D eigenvalue weighted by molar-refractivity contribution is -0.116. The highest BCUT2D eigenvalue weighted by molar-refractivity contribution is 6.04. The molecule has 268 valence electrons. The van der Waals surface area contributed by atoms with E-state index in [0.717, 1.165) is 33.4 Å². The van der Waals surface area contributed by atoms with Crippen molar-refractivity contribution >= 4 is 52.4 Å². The average Bonchev–Trinajstić information content (AvgIpc) is 3.85. The van der Waals surface area contributed by atoms with Crippen molar-refractivity contribution in [2.75, 3.05) is 37.9 Å². The van der Waals surface area contributed by atoms with E-state index in [1.165, 1.54) is 11.7 Å². The highest BCUT2D eigenvalue weighted by Gasteiger charge is 2.34. The lowest BCUT2D eigenvalue weighted by atomic mass is 10.1. The number of aldehydes is 1. The van der Waals surface area contributed by atoms with Crippen LogP contribution in [0.4, 0.5) is 17.2 Å². The molecule has 1 atom stereocenters. The molecule has 52 heavy (non-hydrogen) atoms. The number of fused-ring (bicyclic) bond motifs is 3. The quantitative estimate of drug-likeness (QED) is 0.0585. The van der Waals surface area contributed by atoms with Crippen LogP contribution in [0, 0.1) is 0 Å². The molecule has 5 N–H and O–H groups in total. The molecule has 1 unspecified atom stereocenters. The highest BCUT2D eigenvalue weighted by Crippen LogP contribution is 2.38. The molecule has 1 saturated heterocycles. The molecule has 14 heteroatoms. The Balaban J connectivity index is 0.000000206. The van der Waals surface area contributed by atoms with Gasteiger partial charge in [-0.15, -0.1) is 0 Å². The molecule has 2 aliphatic heterocycles. The van der Waals surface area contributed by atoms with Crippen LogP contribution < -0.4 is 30.8 Å². The first-order valence-corrected chi connectivity index (χ1v) is 16.6. The van der Waals surface area contributed by atoms with Crippen molar-refractivity contribution in [1.82, 2.24) is 19.4 Å². The second-order valence-electron chi connectivity index (χ2n) is 12.3. The van der Waals surface area contributed by atoms with E-state index in [0.29, 0.717) is 60.0 Å². The number of aliphatic imine (C=N–C) groups is 1. The van der Waals surface area contributed by atoms with E-state index >= 15 is 0 Å². The van der Waals surface area contributed by atoms with Gasteiger partial charge in [-0.3, -0.25) is 19.4 Å². The molecule has 0 saturated carbocycles. The molecule has 1 fully saturated rings. The fourth-order valence-electron chi connectivity index (χ4n) is 6.03. The minimum Gasteiger partial charge on any atom is -0.493 e. The summed E-state index contributed by atoms with van der Waals surface area (Å²) in [4.78, 5) is 54.4. The van der Waals surface area contributed by atoms with Gasteiger partial charge < -0.3 is 39.4 Å². The number of aryl methyl sites for hydroxylation is 1. The molecule has 7 rings (SSSR count). The summed E-state index contributed by atoms with van der Waals surface area (Å²) in [5.41, 5.74) is 6.36. The van der Waals surface area contributed by atoms with Crippen molar-refractivity contribution in [3.8, 4) is 28.5 Å². The van der Waals surface area contributed by atoms with Crippen LogP contribution in [0.25, 0.3) is 22.2 Å². The Kier molecular flexibility index (Phi) is 10.7. The number of aromatic amines is 1. The molecule has 2 aromatic heterocycles. The standard InChI is InChI=1S/C23H25N5O5.C15H15N3O/c1-14-7-15-10-24-17-9-19(18(32-3)8-16(17)23(31)28(15)11-14)33-6-4-5-22(30)26-20-12-27(2)21(13-29)25-20;1-17-12-4-2-10(3-5-12)15-9-11-8-13(19-16)6-7-14(11)18-15/h8-10,12-13,15H,1,4-7,11H2,2-3H3,(H,26,30);2-9,17-18H,16H2,1H3. The van der Waals surface area contributed by atoms with E-state index in [2.05, 4.69) is 62.5 Å². The van der Waals surface area contributed by atoms with E-state index in [9.17, 15) is 14.4 Å². The first-order chi connectivity index (χ1) is 25.2. The number of hydrogen-bond acceptors (Lipinski definition) is 10. The largest absolute Gasteiger partial charge is 0.493 e. The number of amides is 2. The zero-order valence-corrected chi connectivity index (χ0v) is 29.1. The minimum absolute atomic E-state index is 0.0898. The van der Waals surface area contributed by atoms with Crippen molar-refractivity contribution in [2.24, 2.45) is 17.9 Å². The number of benzene rings is 3. The topological polar surface area (TPSA) is 178 Å². The zero-order valence-electron chi connectivity index (χ0n) is 29.1. The van der Waals surface area contributed by atoms with Crippen LogP contribution in [0.15, 0.2) is 84.0 Å². The number of H-pyrrole nitrogens is 1. The number of rotatable bonds is 11. The Bertz CT molecular complexity index is 2150. The number of carbonyl (C=O) groups is 3. The van der Waals surface area contributed by atoms with E-state index in [1.807, 2.05) is 25.2 Å². The number of methoxy groups -OCH3 is 1. The Hall–Kier alpha value is -6.41. The Morgan fingerprint density at radius 3 is 2.65 bits per heavy atom. The van der Waals surface area contributed by atoms with Gasteiger partial charge in [0.25, 0.3) is 5.91 Å². The molecular weight excluding hydrogens is 664 g/mol. The molecule has 5 aromatic rings. The van der Waals surface area contributed by atoms with Gasteiger partial charge in [0.1, 0.15) is 5.75 Å². The number of anilines is 2. The van der Waals surface area contributed by atoms with Crippen molar-refractivity contribution in [1.29, 1.82) is 0 Å². The van der Waals surface area contributed by atoms with Gasteiger partial charge >= 0.3 is 0 Å². The molecule has 2 aliphatic rings. The summed E-state index contributed by atoms with van der Waals surface area (Å²) in [5, 5.41) is 6.84. The van der Waals surface area contributed by atoms with Crippen LogP contribution in [-0.2, 0) is 11.8 Å². The number of nitrogens with zero attached hydrogens (tertiary/aromatic N) is 4. The lowest BCUT2D eigenvalue weighted by Crippen LogP contribution is -2.35. The van der Waals surface area contributed by atoms with Crippen LogP contribution in [0.2, 0.25) is 0 Å². The van der Waals surface area contributed by atoms with Crippen molar-refractivity contribution < 1.29 is 28.7 Å². The number of nitrogens with two attached hydrogens (primary N) is 1. The van der Waals surface area contributed by atoms with Gasteiger partial charge in [-0.1, -0.05) is 24.3 Å². The molecule has 2 amide bonds. The van der Waals surface area contributed by atoms with Crippen LogP contribution in [0.5, 0.6) is 17.2 Å². The molecule has 0 radical (unpaired) electrons. The summed E-state index contributed by atoms with van der Waals surface area (Å²) in [5.74, 6) is 6.91. The van der Waals surface area contributed by atoms with E-state index in [1.54, 1.807) is 36.5 Å². The summed E-state index contributed by atoms with van der Waals surface area (Å²) in [7, 11) is 5.09. The van der Waals surface area contributed by atoms with E-state index in [4.69, 9.17) is 20.2 Å². The van der Waals surface area contributed by atoms with Crippen LogP contribution in [0.1, 0.15) is 40.2 Å². The third-order valence-electron chi connectivity index (χ3n) is 8.75. The molecular formula is C38H40N8O6. The highest BCUT2D eigenvalue weighted by atomic mass is 16.6. The number of nitrogens with one attached hydrogen (secondary N) is 3. The maximum Gasteiger partial charge on any atom is 0.257 e. The SMILES string of the molecule is C=C1CC2C=Nc3cc(OCCCC(=O)Nc4cn(C)c(C=O)n4)c(OC)cc3C(=O)N2C1.CNc1ccc(-c2cc3cc(ON)ccc3[nH]2)cc1. The molecule has 4 heterocycles. The summed E-state index contributed by atoms with van der Waals surface area (Å²) in [6.07, 6.45) is 5.32. The van der Waals surface area contributed by atoms with Crippen molar-refractivity contribution in [2.45, 2.75) is 25.3 Å². The smallest absolute Gasteiger partial charge is 0.257 e. The normalized spacial score (nSPS) is 14.5. The summed E-state index contributed by atoms with van der Waals surface area (Å²) in [6.45, 7) is 4.77. The Morgan fingerprint density at radius 2 is 1.94 bits per heavy atom. The van der Waals surface area contributed by atoms with E-state index in [-0.39, 0.29) is 36.7 Å². The van der Waals surface area contributed by atoms with Gasteiger partial charge in [0.2, 0.25) is 5.91 Å². The average molecular weight is 705 g/mol. The number of hydrogen-bond donors (Lipinski definition) is 4. The first-order valence-electron chi connectivity index (χ1n) is 16.6. The third-order valence-corrected chi connectivity index (χ3v) is 8.75. The Morgan fingerprint density at radius 1 is 1.13 bits per heavy atom. The predicted molar refractivity (Wildman–Crippen MR) is 200 cm³/mol. The van der Waals surface area contributed by atoms with Crippen molar-refractivity contribution in [3.05, 3.63) is 90.4 Å². The second-order valence-corrected chi connectivity index (χ2v) is 12.3. The molecule has 0 spiro atoms. The fourth-order valence-corrected chi connectivity index (χ4v) is 6.03. The zero-order chi connectivity index (χ0) is 36.8. The van der Waals surface area contributed by atoms with Crippen LogP contribution in [-0.4, -0.2) is 77.1 Å². The van der Waals surface area contributed by atoms with Gasteiger partial charge in [-0.25, -0.2) is 4.98 Å². The summed E-state index contributed by atoms with van der Waals surface area (Å²) >= 11 is 0. The van der Waals surface area contributed by atoms with Gasteiger partial charge in [0, 0.05) is 67.8 Å². The van der Waals surface area contributed by atoms with Crippen LogP contribution in [0.3, 0.4) is 0 Å². The minimum atomic E-state index is -0.236. The maximum absolute atomic E-state index is 13.0.